The summed E-state index contributed by atoms with van der Waals surface area (Å²) in [6.07, 6.45) is 1.15. The lowest BCUT2D eigenvalue weighted by atomic mass is 9.91. The average Bonchev–Trinajstić information content (AvgIpc) is 2.92. The molecule has 2 aromatic rings. The largest absolute Gasteiger partial charge is 0.493 e. The molecule has 0 amide bonds. The van der Waals surface area contributed by atoms with Crippen LogP contribution in [0.1, 0.15) is 88.3 Å². The maximum absolute atomic E-state index is 11.7. The highest BCUT2D eigenvalue weighted by Gasteiger charge is 2.35. The Morgan fingerprint density at radius 1 is 0.932 bits per heavy atom. The minimum absolute atomic E-state index is 0. The van der Waals surface area contributed by atoms with Crippen molar-refractivity contribution in [2.75, 3.05) is 13.2 Å². The lowest BCUT2D eigenvalue weighted by molar-refractivity contribution is -0.169. The molecule has 1 fully saturated rings. The monoisotopic (exact) mass is 727 g/mol. The summed E-state index contributed by atoms with van der Waals surface area (Å²) in [6, 6.07) is 14.4. The Kier molecular flexibility index (Phi) is 19.3. The van der Waals surface area contributed by atoms with Gasteiger partial charge in [0.1, 0.15) is 18.5 Å². The summed E-state index contributed by atoms with van der Waals surface area (Å²) in [4.78, 5) is 41.0. The zero-order valence-corrected chi connectivity index (χ0v) is 28.3. The molecule has 0 saturated carbocycles. The van der Waals surface area contributed by atoms with Gasteiger partial charge in [0.15, 0.2) is 0 Å². The highest BCUT2D eigenvalue weighted by molar-refractivity contribution is 14.0. The molecule has 3 rings (SSSR count). The minimum Gasteiger partial charge on any atom is -0.493 e. The molecule has 0 radical (unpaired) electrons. The Bertz CT molecular complexity index is 1250. The maximum Gasteiger partial charge on any atom is 0.302 e. The minimum atomic E-state index is -0.833. The van der Waals surface area contributed by atoms with Gasteiger partial charge < -0.3 is 29.2 Å². The molecule has 1 aliphatic rings. The molecule has 0 aromatic heterocycles. The highest BCUT2D eigenvalue weighted by Crippen LogP contribution is 2.39. The van der Waals surface area contributed by atoms with Crippen molar-refractivity contribution >= 4 is 47.9 Å². The van der Waals surface area contributed by atoms with E-state index in [1.807, 2.05) is 13.0 Å². The van der Waals surface area contributed by atoms with Gasteiger partial charge in [-0.2, -0.15) is 5.26 Å². The second kappa shape index (κ2) is 21.1. The molecule has 0 spiro atoms. The van der Waals surface area contributed by atoms with Crippen LogP contribution in [0.4, 0.5) is 0 Å². The fourth-order valence-electron chi connectivity index (χ4n) is 4.36. The van der Waals surface area contributed by atoms with Crippen LogP contribution in [0.25, 0.3) is 0 Å². The number of aryl methyl sites for hydroxylation is 1. The van der Waals surface area contributed by atoms with Gasteiger partial charge in [-0.1, -0.05) is 31.2 Å². The van der Waals surface area contributed by atoms with Crippen LogP contribution in [0.2, 0.25) is 0 Å². The smallest absolute Gasteiger partial charge is 0.302 e. The summed E-state index contributed by atoms with van der Waals surface area (Å²) in [5.74, 6) is -1.87. The van der Waals surface area contributed by atoms with Crippen molar-refractivity contribution < 1.29 is 48.3 Å². The van der Waals surface area contributed by atoms with Crippen LogP contribution in [-0.2, 0) is 46.2 Å². The van der Waals surface area contributed by atoms with E-state index in [0.29, 0.717) is 37.2 Å². The van der Waals surface area contributed by atoms with Gasteiger partial charge in [-0.15, -0.1) is 24.0 Å². The van der Waals surface area contributed by atoms with Crippen LogP contribution < -0.4 is 4.74 Å². The number of carbonyl (C=O) groups is 4. The number of halogens is 1. The summed E-state index contributed by atoms with van der Waals surface area (Å²) in [5.41, 5.74) is 4.55. The number of hydrogen-bond acceptors (Lipinski definition) is 9. The summed E-state index contributed by atoms with van der Waals surface area (Å²) in [5, 5.41) is 24.7. The molecule has 44 heavy (non-hydrogen) atoms. The van der Waals surface area contributed by atoms with Gasteiger partial charge in [-0.05, 0) is 48.6 Å². The number of hydrogen-bond donors (Lipinski definition) is 2. The van der Waals surface area contributed by atoms with E-state index in [1.54, 1.807) is 6.07 Å². The molecular weight excluding hydrogens is 685 g/mol. The van der Waals surface area contributed by atoms with E-state index in [0.717, 1.165) is 37.0 Å². The van der Waals surface area contributed by atoms with E-state index < -0.39 is 30.1 Å². The van der Waals surface area contributed by atoms with E-state index in [-0.39, 0.29) is 42.7 Å². The molecule has 11 nitrogen and oxygen atoms in total. The topological polar surface area (TPSA) is 169 Å². The summed E-state index contributed by atoms with van der Waals surface area (Å²) in [7, 11) is 0. The van der Waals surface area contributed by atoms with E-state index in [1.165, 1.54) is 19.4 Å². The number of nitriles is 1. The summed E-state index contributed by atoms with van der Waals surface area (Å²) >= 11 is 0. The third kappa shape index (κ3) is 15.7. The van der Waals surface area contributed by atoms with Gasteiger partial charge in [-0.3, -0.25) is 19.2 Å². The lowest BCUT2D eigenvalue weighted by Gasteiger charge is -2.35. The van der Waals surface area contributed by atoms with Gasteiger partial charge in [0.25, 0.3) is 11.9 Å². The fourth-order valence-corrected chi connectivity index (χ4v) is 4.36. The molecule has 1 heterocycles. The first-order chi connectivity index (χ1) is 20.3. The van der Waals surface area contributed by atoms with Crippen LogP contribution in [0.15, 0.2) is 36.4 Å². The zero-order valence-electron chi connectivity index (χ0n) is 26.0. The summed E-state index contributed by atoms with van der Waals surface area (Å²) < 4.78 is 22.9. The average molecular weight is 728 g/mol. The van der Waals surface area contributed by atoms with E-state index in [2.05, 4.69) is 37.3 Å². The third-order valence-electron chi connectivity index (χ3n) is 5.99. The lowest BCUT2D eigenvalue weighted by Crippen LogP contribution is -2.37. The predicted molar refractivity (Wildman–Crippen MR) is 172 cm³/mol. The van der Waals surface area contributed by atoms with E-state index in [4.69, 9.17) is 38.7 Å². The SMILES string of the molecule is CC(=O)O.CC(=O)O.CCOc1cc(C#N)c(Cc2ccc(CC)cc2)cc1[C@H]1C[C@@H](OC(C)=O)C[C@@H](COC(C)=O)O1.I. The van der Waals surface area contributed by atoms with Crippen LogP contribution >= 0.6 is 24.0 Å². The normalized spacial score (nSPS) is 16.6. The number of esters is 2. The van der Waals surface area contributed by atoms with Gasteiger partial charge in [0.05, 0.1) is 30.4 Å². The first-order valence-electron chi connectivity index (χ1n) is 13.9. The molecule has 2 aromatic carbocycles. The Morgan fingerprint density at radius 3 is 1.98 bits per heavy atom. The molecule has 0 aliphatic carbocycles. The van der Waals surface area contributed by atoms with Crippen LogP contribution in [0.5, 0.6) is 5.75 Å². The third-order valence-corrected chi connectivity index (χ3v) is 5.99. The number of carboxylic acid groups (broad SMARTS) is 2. The first-order valence-corrected chi connectivity index (χ1v) is 13.9. The number of carbonyl (C=O) groups excluding carboxylic acids is 2. The van der Waals surface area contributed by atoms with Crippen molar-refractivity contribution in [2.24, 2.45) is 0 Å². The first kappa shape index (κ1) is 40.3. The van der Waals surface area contributed by atoms with Crippen molar-refractivity contribution in [3.63, 3.8) is 0 Å². The molecule has 1 saturated heterocycles. The Labute approximate surface area is 275 Å². The number of benzene rings is 2. The predicted octanol–water partition coefficient (Wildman–Crippen LogP) is 5.62. The molecule has 0 unspecified atom stereocenters. The number of aliphatic carboxylic acids is 2. The molecular formula is C32H42INO10. The van der Waals surface area contributed by atoms with Crippen molar-refractivity contribution in [1.82, 2.24) is 0 Å². The molecule has 12 heteroatoms. The Morgan fingerprint density at radius 2 is 1.50 bits per heavy atom. The number of nitrogens with zero attached hydrogens (tertiary/aromatic N) is 1. The standard InChI is InChI=1S/C28H33NO6.2C2H4O2.HI/c1-5-20-7-9-21(10-8-20)11-22-12-26(27(32-6-2)13-23(22)16-29)28-15-24(34-19(4)31)14-25(35-28)17-33-18(3)30;2*1-2(3)4;/h7-10,12-13,24-25,28H,5-6,11,14-15,17H2,1-4H3;2*1H3,(H,3,4);1H/t24-,25-,28+;;;/m0.../s1. The number of ether oxygens (including phenoxy) is 4. The quantitative estimate of drug-likeness (QED) is 0.243. The van der Waals surface area contributed by atoms with Gasteiger partial charge >= 0.3 is 11.9 Å². The van der Waals surface area contributed by atoms with E-state index in [9.17, 15) is 14.9 Å². The second-order valence-corrected chi connectivity index (χ2v) is 9.73. The Hall–Kier alpha value is -3.70. The van der Waals surface area contributed by atoms with Gasteiger partial charge in [0.2, 0.25) is 0 Å². The molecule has 0 bridgehead atoms. The van der Waals surface area contributed by atoms with Crippen molar-refractivity contribution in [1.29, 1.82) is 5.26 Å². The van der Waals surface area contributed by atoms with Crippen LogP contribution in [-0.4, -0.2) is 59.5 Å². The Balaban J connectivity index is 0.00000183. The molecule has 2 N–H and O–H groups in total. The van der Waals surface area contributed by atoms with Crippen LogP contribution in [0, 0.1) is 11.3 Å². The molecule has 242 valence electrons. The van der Waals surface area contributed by atoms with Gasteiger partial charge in [0, 0.05) is 46.1 Å². The second-order valence-electron chi connectivity index (χ2n) is 9.73. The zero-order chi connectivity index (χ0) is 32.5. The maximum atomic E-state index is 11.7. The van der Waals surface area contributed by atoms with Gasteiger partial charge in [-0.25, -0.2) is 0 Å². The van der Waals surface area contributed by atoms with Crippen LogP contribution in [0.3, 0.4) is 0 Å². The van der Waals surface area contributed by atoms with Crippen molar-refractivity contribution in [2.45, 2.75) is 85.5 Å². The summed E-state index contributed by atoms with van der Waals surface area (Å²) in [6.45, 7) is 9.38. The number of rotatable bonds is 9. The molecule has 1 aliphatic heterocycles. The molecule has 3 atom stereocenters. The van der Waals surface area contributed by atoms with Crippen molar-refractivity contribution in [3.05, 3.63) is 64.2 Å². The fraction of sp³-hybridized carbons (Fsp3) is 0.469. The van der Waals surface area contributed by atoms with Crippen molar-refractivity contribution in [3.8, 4) is 11.8 Å². The highest BCUT2D eigenvalue weighted by atomic mass is 127. The number of carboxylic acids is 2. The van der Waals surface area contributed by atoms with E-state index >= 15 is 0 Å².